The number of carbonyl (C=O) groups excluding carboxylic acids is 1. The molecule has 0 aliphatic rings. The number of rotatable bonds is 9. The minimum atomic E-state index is -8.44. The maximum Gasteiger partial charge on any atom is 0.438 e. The van der Waals surface area contributed by atoms with Crippen molar-refractivity contribution in [2.45, 2.75) is 55.1 Å². The third kappa shape index (κ3) is 4.68. The lowest BCUT2D eigenvalue weighted by atomic mass is 9.84. The van der Waals surface area contributed by atoms with Crippen molar-refractivity contribution in [2.75, 3.05) is 6.61 Å². The summed E-state index contributed by atoms with van der Waals surface area (Å²) in [4.78, 5) is 10.7. The second kappa shape index (κ2) is 8.26. The third-order valence-corrected chi connectivity index (χ3v) is 3.74. The van der Waals surface area contributed by atoms with Gasteiger partial charge in [-0.15, -0.1) is 0 Å². The summed E-state index contributed by atoms with van der Waals surface area (Å²) in [6, 6.07) is 0. The Bertz CT molecular complexity index is 648. The normalized spacial score (nSPS) is 16.1. The van der Waals surface area contributed by atoms with Gasteiger partial charge in [-0.2, -0.15) is 61.5 Å². The molecule has 0 bridgehead atoms. The van der Waals surface area contributed by atoms with Crippen molar-refractivity contribution in [1.29, 1.82) is 0 Å². The van der Waals surface area contributed by atoms with Crippen LogP contribution in [0.15, 0.2) is 12.7 Å². The largest absolute Gasteiger partial charge is 0.462 e. The molecule has 0 aliphatic carbocycles. The summed E-state index contributed by atoms with van der Waals surface area (Å²) in [5.41, 5.74) is -8.32. The van der Waals surface area contributed by atoms with Gasteiger partial charge in [0, 0.05) is 12.5 Å². The molecule has 184 valence electrons. The average Bonchev–Trinajstić information content (AvgIpc) is 2.55. The third-order valence-electron chi connectivity index (χ3n) is 3.74. The molecule has 0 aromatic heterocycles. The minimum Gasteiger partial charge on any atom is -0.462 e. The molecule has 31 heavy (non-hydrogen) atoms. The predicted molar refractivity (Wildman–Crippen MR) is 70.7 cm³/mol. The Morgan fingerprint density at radius 2 is 1.16 bits per heavy atom. The van der Waals surface area contributed by atoms with Gasteiger partial charge in [0.1, 0.15) is 0 Å². The van der Waals surface area contributed by atoms with Crippen LogP contribution < -0.4 is 0 Å². The molecule has 17 heteroatoms. The molecule has 2 nitrogen and oxygen atoms in total. The first-order valence-electron chi connectivity index (χ1n) is 7.48. The fraction of sp³-hybridized carbons (Fsp3) is 0.786. The first kappa shape index (κ1) is 29.2. The second-order valence-electron chi connectivity index (χ2n) is 6.23. The van der Waals surface area contributed by atoms with Crippen molar-refractivity contribution in [3.05, 3.63) is 12.7 Å². The Morgan fingerprint density at radius 3 is 1.48 bits per heavy atom. The van der Waals surface area contributed by atoms with Gasteiger partial charge < -0.3 is 4.74 Å². The van der Waals surface area contributed by atoms with Crippen LogP contribution in [0.2, 0.25) is 0 Å². The molecule has 0 aromatic carbocycles. The van der Waals surface area contributed by atoms with E-state index in [-0.39, 0.29) is 0 Å². The van der Waals surface area contributed by atoms with E-state index >= 15 is 0 Å². The van der Waals surface area contributed by atoms with Crippen LogP contribution in [0.25, 0.3) is 0 Å². The number of alkyl halides is 15. The monoisotopic (exact) mass is 496 g/mol. The van der Waals surface area contributed by atoms with Gasteiger partial charge in [-0.3, -0.25) is 0 Å². The molecule has 0 aromatic rings. The van der Waals surface area contributed by atoms with Crippen LogP contribution in [0, 0.1) is 5.92 Å². The van der Waals surface area contributed by atoms with E-state index in [0.717, 1.165) is 0 Å². The molecule has 0 N–H and O–H groups in total. The molecule has 0 saturated carbocycles. The quantitative estimate of drug-likeness (QED) is 0.219. The molecule has 0 amide bonds. The molecule has 0 aliphatic heterocycles. The molecule has 1 unspecified atom stereocenters. The van der Waals surface area contributed by atoms with Crippen LogP contribution >= 0.6 is 0 Å². The number of hydrogen-bond donors (Lipinski definition) is 0. The molecule has 0 radical (unpaired) electrons. The summed E-state index contributed by atoms with van der Waals surface area (Å²) in [5, 5.41) is 0. The summed E-state index contributed by atoms with van der Waals surface area (Å²) >= 11 is 0. The smallest absolute Gasteiger partial charge is 0.438 e. The summed E-state index contributed by atoms with van der Waals surface area (Å²) in [6.07, 6.45) is -18.1. The Hall–Kier alpha value is -1.84. The molecule has 0 saturated heterocycles. The summed E-state index contributed by atoms with van der Waals surface area (Å²) < 4.78 is 200. The van der Waals surface area contributed by atoms with Crippen LogP contribution in [-0.4, -0.2) is 54.3 Å². The van der Waals surface area contributed by atoms with Gasteiger partial charge in [0.05, 0.1) is 6.61 Å². The number of halogens is 15. The van der Waals surface area contributed by atoms with Crippen molar-refractivity contribution in [1.82, 2.24) is 0 Å². The number of ether oxygens (including phenoxy) is 1. The van der Waals surface area contributed by atoms with Crippen molar-refractivity contribution in [3.63, 3.8) is 0 Å². The van der Waals surface area contributed by atoms with Gasteiger partial charge >= 0.3 is 47.7 Å². The highest BCUT2D eigenvalue weighted by Gasteiger charge is 2.95. The lowest BCUT2D eigenvalue weighted by Gasteiger charge is -2.43. The van der Waals surface area contributed by atoms with E-state index in [9.17, 15) is 70.7 Å². The standard InChI is InChI=1S/C14H11F15O2/c1-3-7(30)31-5-6(2)4-8(15,16)10(18,19)12(22,23)11(20,21)9(17,13(24,25)26)14(27,28)29/h3,6H,1,4-5H2,2H3. The zero-order chi connectivity index (χ0) is 25.5. The van der Waals surface area contributed by atoms with Gasteiger partial charge in [-0.05, 0) is 5.92 Å². The Balaban J connectivity index is 6.30. The molecule has 1 atom stereocenters. The van der Waals surface area contributed by atoms with E-state index in [4.69, 9.17) is 0 Å². The fourth-order valence-electron chi connectivity index (χ4n) is 2.07. The molecular weight excluding hydrogens is 485 g/mol. The Labute approximate surface area is 163 Å². The topological polar surface area (TPSA) is 26.3 Å². The minimum absolute atomic E-state index is 0.434. The van der Waals surface area contributed by atoms with Crippen LogP contribution in [-0.2, 0) is 9.53 Å². The molecule has 0 fully saturated rings. The fourth-order valence-corrected chi connectivity index (χ4v) is 2.07. The Morgan fingerprint density at radius 1 is 0.774 bits per heavy atom. The van der Waals surface area contributed by atoms with Crippen molar-refractivity contribution in [3.8, 4) is 0 Å². The van der Waals surface area contributed by atoms with Crippen molar-refractivity contribution < 1.29 is 75.4 Å². The van der Waals surface area contributed by atoms with Gasteiger partial charge in [0.15, 0.2) is 0 Å². The number of esters is 1. The SMILES string of the molecule is C=CC(=O)OCC(C)CC(F)(F)C(F)(F)C(F)(F)C(F)(F)C(F)(C(F)(F)F)C(F)(F)F. The average molecular weight is 496 g/mol. The second-order valence-corrected chi connectivity index (χ2v) is 6.23. The molecule has 0 rings (SSSR count). The van der Waals surface area contributed by atoms with E-state index in [0.29, 0.717) is 13.0 Å². The van der Waals surface area contributed by atoms with E-state index in [1.807, 2.05) is 0 Å². The maximum atomic E-state index is 13.7. The van der Waals surface area contributed by atoms with Gasteiger partial charge in [0.25, 0.3) is 0 Å². The summed E-state index contributed by atoms with van der Waals surface area (Å²) in [7, 11) is 0. The van der Waals surface area contributed by atoms with E-state index in [1.54, 1.807) is 0 Å². The zero-order valence-electron chi connectivity index (χ0n) is 14.8. The lowest BCUT2D eigenvalue weighted by molar-refractivity contribution is -0.457. The van der Waals surface area contributed by atoms with Crippen LogP contribution in [0.1, 0.15) is 13.3 Å². The van der Waals surface area contributed by atoms with Crippen molar-refractivity contribution in [2.24, 2.45) is 5.92 Å². The predicted octanol–water partition coefficient (Wildman–Crippen LogP) is 6.12. The molecule has 0 spiro atoms. The number of carbonyl (C=O) groups is 1. The highest BCUT2D eigenvalue weighted by Crippen LogP contribution is 2.64. The number of hydrogen-bond acceptors (Lipinski definition) is 2. The van der Waals surface area contributed by atoms with Crippen LogP contribution in [0.3, 0.4) is 0 Å². The van der Waals surface area contributed by atoms with E-state index in [2.05, 4.69) is 11.3 Å². The molecular formula is C14H11F15O2. The first-order chi connectivity index (χ1) is 13.3. The van der Waals surface area contributed by atoms with E-state index < -0.39 is 66.6 Å². The summed E-state index contributed by atoms with van der Waals surface area (Å²) in [5.74, 6) is -34.1. The Kier molecular flexibility index (Phi) is 7.77. The highest BCUT2D eigenvalue weighted by molar-refractivity contribution is 5.81. The summed E-state index contributed by atoms with van der Waals surface area (Å²) in [6.45, 7) is 2.09. The molecule has 0 heterocycles. The van der Waals surface area contributed by atoms with Gasteiger partial charge in [-0.25, -0.2) is 9.18 Å². The lowest BCUT2D eigenvalue weighted by Crippen LogP contribution is -2.75. The van der Waals surface area contributed by atoms with E-state index in [1.165, 1.54) is 0 Å². The van der Waals surface area contributed by atoms with Gasteiger partial charge in [-0.1, -0.05) is 13.5 Å². The first-order valence-corrected chi connectivity index (χ1v) is 7.48. The zero-order valence-corrected chi connectivity index (χ0v) is 14.8. The van der Waals surface area contributed by atoms with Gasteiger partial charge in [0.2, 0.25) is 0 Å². The van der Waals surface area contributed by atoms with Crippen LogP contribution in [0.5, 0.6) is 0 Å². The van der Waals surface area contributed by atoms with Crippen LogP contribution in [0.4, 0.5) is 65.9 Å². The van der Waals surface area contributed by atoms with Crippen molar-refractivity contribution >= 4 is 5.97 Å². The maximum absolute atomic E-state index is 13.7. The highest BCUT2D eigenvalue weighted by atomic mass is 19.4.